The van der Waals surface area contributed by atoms with Crippen molar-refractivity contribution in [2.24, 2.45) is 0 Å². The zero-order valence-corrected chi connectivity index (χ0v) is 17.2. The lowest BCUT2D eigenvalue weighted by molar-refractivity contribution is -0.117. The third-order valence-corrected chi connectivity index (χ3v) is 5.33. The monoisotopic (exact) mass is 401 g/mol. The Bertz CT molecular complexity index is 990. The van der Waals surface area contributed by atoms with Gasteiger partial charge in [-0.05, 0) is 31.4 Å². The van der Waals surface area contributed by atoms with E-state index in [-0.39, 0.29) is 18.1 Å². The van der Waals surface area contributed by atoms with Gasteiger partial charge in [-0.1, -0.05) is 60.7 Å². The molecule has 1 saturated heterocycles. The number of hydrogen-bond donors (Lipinski definition) is 1. The summed E-state index contributed by atoms with van der Waals surface area (Å²) in [5.41, 5.74) is 3.98. The normalized spacial score (nSPS) is 17.3. The van der Waals surface area contributed by atoms with Crippen LogP contribution in [0, 0.1) is 0 Å². The molecule has 0 saturated carbocycles. The molecule has 5 heteroatoms. The van der Waals surface area contributed by atoms with Gasteiger partial charge in [-0.15, -0.1) is 0 Å². The van der Waals surface area contributed by atoms with Gasteiger partial charge in [0.25, 0.3) is 0 Å². The van der Waals surface area contributed by atoms with Crippen molar-refractivity contribution in [3.63, 3.8) is 0 Å². The van der Waals surface area contributed by atoms with E-state index in [0.29, 0.717) is 6.54 Å². The fourth-order valence-electron chi connectivity index (χ4n) is 3.76. The number of hydrogen-bond acceptors (Lipinski definition) is 3. The molecule has 5 nitrogen and oxygen atoms in total. The average Bonchev–Trinajstić information content (AvgIpc) is 3.44. The van der Waals surface area contributed by atoms with Crippen molar-refractivity contribution in [1.29, 1.82) is 0 Å². The summed E-state index contributed by atoms with van der Waals surface area (Å²) in [5, 5.41) is 7.81. The molecule has 2 atom stereocenters. The van der Waals surface area contributed by atoms with E-state index in [1.54, 1.807) is 6.08 Å². The molecular formula is C25H27N3O2. The van der Waals surface area contributed by atoms with Crippen LogP contribution in [0.5, 0.6) is 0 Å². The highest BCUT2D eigenvalue weighted by Crippen LogP contribution is 2.23. The molecule has 2 heterocycles. The molecule has 154 valence electrons. The summed E-state index contributed by atoms with van der Waals surface area (Å²) in [4.78, 5) is 12.4. The van der Waals surface area contributed by atoms with Gasteiger partial charge in [-0.3, -0.25) is 9.48 Å². The first kappa shape index (κ1) is 20.1. The number of aromatic nitrogens is 2. The molecule has 1 fully saturated rings. The van der Waals surface area contributed by atoms with Gasteiger partial charge in [0.15, 0.2) is 0 Å². The van der Waals surface area contributed by atoms with Crippen molar-refractivity contribution >= 4 is 12.0 Å². The Morgan fingerprint density at radius 3 is 2.63 bits per heavy atom. The van der Waals surface area contributed by atoms with E-state index in [1.807, 2.05) is 72.4 Å². The maximum atomic E-state index is 12.4. The van der Waals surface area contributed by atoms with Crippen LogP contribution < -0.4 is 5.32 Å². The highest BCUT2D eigenvalue weighted by Gasteiger charge is 2.23. The predicted molar refractivity (Wildman–Crippen MR) is 119 cm³/mol. The zero-order valence-electron chi connectivity index (χ0n) is 17.2. The van der Waals surface area contributed by atoms with E-state index in [1.165, 1.54) is 5.56 Å². The molecule has 0 aliphatic carbocycles. The van der Waals surface area contributed by atoms with E-state index in [2.05, 4.69) is 17.4 Å². The van der Waals surface area contributed by atoms with Crippen molar-refractivity contribution in [3.05, 3.63) is 84.1 Å². The van der Waals surface area contributed by atoms with Crippen molar-refractivity contribution in [2.45, 2.75) is 38.5 Å². The van der Waals surface area contributed by atoms with Crippen LogP contribution in [0.3, 0.4) is 0 Å². The second-order valence-electron chi connectivity index (χ2n) is 7.66. The lowest BCUT2D eigenvalue weighted by atomic mass is 10.1. The Hall–Kier alpha value is -3.18. The van der Waals surface area contributed by atoms with E-state index < -0.39 is 0 Å². The third kappa shape index (κ3) is 5.05. The summed E-state index contributed by atoms with van der Waals surface area (Å²) < 4.78 is 7.58. The van der Waals surface area contributed by atoms with Gasteiger partial charge < -0.3 is 10.1 Å². The molecule has 0 radical (unpaired) electrons. The highest BCUT2D eigenvalue weighted by molar-refractivity contribution is 5.93. The number of rotatable bonds is 7. The number of carbonyl (C=O) groups excluding carboxylic acids is 1. The van der Waals surface area contributed by atoms with Gasteiger partial charge in [0.1, 0.15) is 0 Å². The third-order valence-electron chi connectivity index (χ3n) is 5.33. The topological polar surface area (TPSA) is 56.2 Å². The van der Waals surface area contributed by atoms with Crippen molar-refractivity contribution < 1.29 is 9.53 Å². The van der Waals surface area contributed by atoms with Crippen LogP contribution in [0.15, 0.2) is 72.9 Å². The number of carbonyl (C=O) groups is 1. The summed E-state index contributed by atoms with van der Waals surface area (Å²) in [6.07, 6.45) is 7.58. The minimum Gasteiger partial charge on any atom is -0.376 e. The van der Waals surface area contributed by atoms with E-state index in [4.69, 9.17) is 9.84 Å². The standard InChI is InChI=1S/C25H27N3O2/c1-19(23-13-8-16-30-23)26-24(29)15-14-22-18-28(17-20-9-4-2-5-10-20)27-25(22)21-11-6-3-7-12-21/h2-7,9-12,14-15,18-19,23H,8,13,16-17H2,1H3,(H,26,29)/b15-14+. The first-order chi connectivity index (χ1) is 14.7. The summed E-state index contributed by atoms with van der Waals surface area (Å²) >= 11 is 0. The van der Waals surface area contributed by atoms with Crippen molar-refractivity contribution in [2.75, 3.05) is 6.61 Å². The molecule has 1 aliphatic rings. The summed E-state index contributed by atoms with van der Waals surface area (Å²) in [5.74, 6) is -0.118. The van der Waals surface area contributed by atoms with Crippen molar-refractivity contribution in [1.82, 2.24) is 15.1 Å². The Morgan fingerprint density at radius 1 is 1.20 bits per heavy atom. The van der Waals surface area contributed by atoms with Crippen LogP contribution in [0.1, 0.15) is 30.9 Å². The minimum atomic E-state index is -0.118. The van der Waals surface area contributed by atoms with Gasteiger partial charge in [0.05, 0.1) is 24.4 Å². The number of nitrogens with one attached hydrogen (secondary N) is 1. The molecule has 0 bridgehead atoms. The number of ether oxygens (including phenoxy) is 1. The van der Waals surface area contributed by atoms with Gasteiger partial charge in [0, 0.05) is 30.0 Å². The number of amides is 1. The Morgan fingerprint density at radius 2 is 1.93 bits per heavy atom. The van der Waals surface area contributed by atoms with E-state index in [0.717, 1.165) is 36.3 Å². The molecule has 2 aromatic carbocycles. The van der Waals surface area contributed by atoms with Crippen molar-refractivity contribution in [3.8, 4) is 11.3 Å². The van der Waals surface area contributed by atoms with Crippen LogP contribution in [-0.4, -0.2) is 34.4 Å². The van der Waals surface area contributed by atoms with E-state index >= 15 is 0 Å². The fraction of sp³-hybridized carbons (Fsp3) is 0.280. The maximum absolute atomic E-state index is 12.4. The lowest BCUT2D eigenvalue weighted by Gasteiger charge is -2.18. The van der Waals surface area contributed by atoms with Gasteiger partial charge in [-0.25, -0.2) is 0 Å². The van der Waals surface area contributed by atoms with Gasteiger partial charge in [-0.2, -0.15) is 5.10 Å². The smallest absolute Gasteiger partial charge is 0.244 e. The Labute approximate surface area is 177 Å². The average molecular weight is 402 g/mol. The van der Waals surface area contributed by atoms with Crippen LogP contribution in [0.4, 0.5) is 0 Å². The molecule has 0 spiro atoms. The van der Waals surface area contributed by atoms with Crippen LogP contribution in [0.25, 0.3) is 17.3 Å². The Balaban J connectivity index is 1.53. The minimum absolute atomic E-state index is 0.000882. The quantitative estimate of drug-likeness (QED) is 0.601. The molecule has 1 aromatic heterocycles. The maximum Gasteiger partial charge on any atom is 0.244 e. The van der Waals surface area contributed by atoms with Gasteiger partial charge >= 0.3 is 0 Å². The lowest BCUT2D eigenvalue weighted by Crippen LogP contribution is -2.40. The second-order valence-corrected chi connectivity index (χ2v) is 7.66. The summed E-state index contributed by atoms with van der Waals surface area (Å²) in [6.45, 7) is 3.45. The molecule has 1 N–H and O–H groups in total. The number of nitrogens with zero attached hydrogens (tertiary/aromatic N) is 2. The summed E-state index contributed by atoms with van der Waals surface area (Å²) in [6, 6.07) is 20.3. The molecule has 3 aromatic rings. The molecule has 1 amide bonds. The first-order valence-electron chi connectivity index (χ1n) is 10.5. The molecule has 2 unspecified atom stereocenters. The fourth-order valence-corrected chi connectivity index (χ4v) is 3.76. The van der Waals surface area contributed by atoms with Crippen LogP contribution in [0.2, 0.25) is 0 Å². The van der Waals surface area contributed by atoms with Gasteiger partial charge in [0.2, 0.25) is 5.91 Å². The van der Waals surface area contributed by atoms with Crippen LogP contribution in [-0.2, 0) is 16.1 Å². The first-order valence-corrected chi connectivity index (χ1v) is 10.5. The Kier molecular flexibility index (Phi) is 6.40. The molecular weight excluding hydrogens is 374 g/mol. The molecule has 4 rings (SSSR count). The summed E-state index contributed by atoms with van der Waals surface area (Å²) in [7, 11) is 0. The van der Waals surface area contributed by atoms with E-state index in [9.17, 15) is 4.79 Å². The highest BCUT2D eigenvalue weighted by atomic mass is 16.5. The molecule has 1 aliphatic heterocycles. The number of benzene rings is 2. The van der Waals surface area contributed by atoms with Crippen LogP contribution >= 0.6 is 0 Å². The predicted octanol–water partition coefficient (Wildman–Crippen LogP) is 4.30. The second kappa shape index (κ2) is 9.55. The largest absolute Gasteiger partial charge is 0.376 e. The zero-order chi connectivity index (χ0) is 20.8. The SMILES string of the molecule is CC(NC(=O)/C=C/c1cn(Cc2ccccc2)nc1-c1ccccc1)C1CCCO1. The molecule has 30 heavy (non-hydrogen) atoms.